The molecule has 142 valence electrons. The van der Waals surface area contributed by atoms with Gasteiger partial charge in [0, 0.05) is 36.8 Å². The van der Waals surface area contributed by atoms with Crippen LogP contribution < -0.4 is 15.4 Å². The summed E-state index contributed by atoms with van der Waals surface area (Å²) in [5.74, 6) is 0.879. The van der Waals surface area contributed by atoms with E-state index in [1.54, 1.807) is 0 Å². The normalized spacial score (nSPS) is 11.0. The highest BCUT2D eigenvalue weighted by atomic mass is 35.5. The smallest absolute Gasteiger partial charge is 0.124 e. The lowest BCUT2D eigenvalue weighted by Crippen LogP contribution is -2.29. The molecule has 4 nitrogen and oxygen atoms in total. The minimum absolute atomic E-state index is 0.158. The third-order valence-corrected chi connectivity index (χ3v) is 4.58. The molecule has 0 heterocycles. The van der Waals surface area contributed by atoms with E-state index in [2.05, 4.69) is 34.9 Å². The molecule has 5 heteroatoms. The molecule has 0 fully saturated rings. The molecule has 3 rings (SSSR count). The van der Waals surface area contributed by atoms with Crippen LogP contribution >= 0.6 is 11.6 Å². The molecule has 0 aromatic heterocycles. The Bertz CT molecular complexity index is 870. The van der Waals surface area contributed by atoms with Gasteiger partial charge in [-0.1, -0.05) is 54.1 Å². The highest BCUT2D eigenvalue weighted by molar-refractivity contribution is 6.30. The van der Waals surface area contributed by atoms with Crippen molar-refractivity contribution >= 4 is 22.4 Å². The number of nitrogens with one attached hydrogen (secondary N) is 2. The number of ether oxygens (including phenoxy) is 1. The third kappa shape index (κ3) is 5.68. The number of hydrogen-bond acceptors (Lipinski definition) is 4. The summed E-state index contributed by atoms with van der Waals surface area (Å²) in [4.78, 5) is 0. The van der Waals surface area contributed by atoms with E-state index in [0.717, 1.165) is 30.0 Å². The van der Waals surface area contributed by atoms with Crippen molar-refractivity contribution in [3.63, 3.8) is 0 Å². The zero-order valence-electron chi connectivity index (χ0n) is 15.2. The van der Waals surface area contributed by atoms with Crippen molar-refractivity contribution < 1.29 is 9.84 Å². The molecule has 0 spiro atoms. The molecule has 0 saturated heterocycles. The van der Waals surface area contributed by atoms with E-state index < -0.39 is 0 Å². The van der Waals surface area contributed by atoms with Gasteiger partial charge in [0.15, 0.2) is 0 Å². The number of halogens is 1. The van der Waals surface area contributed by atoms with Crippen LogP contribution in [0.4, 0.5) is 0 Å². The van der Waals surface area contributed by atoms with Crippen molar-refractivity contribution in [2.24, 2.45) is 0 Å². The maximum absolute atomic E-state index is 8.82. The van der Waals surface area contributed by atoms with E-state index in [1.807, 2.05) is 36.4 Å². The molecule has 3 aromatic carbocycles. The van der Waals surface area contributed by atoms with Crippen LogP contribution in [0.1, 0.15) is 11.1 Å². The van der Waals surface area contributed by atoms with E-state index in [4.69, 9.17) is 21.4 Å². The van der Waals surface area contributed by atoms with Crippen LogP contribution in [-0.4, -0.2) is 31.3 Å². The molecule has 0 bridgehead atoms. The molecule has 0 radical (unpaired) electrons. The largest absolute Gasteiger partial charge is 0.489 e. The topological polar surface area (TPSA) is 53.5 Å². The number of aliphatic hydroxyl groups is 1. The molecule has 0 aliphatic carbocycles. The second-order valence-corrected chi connectivity index (χ2v) is 6.77. The van der Waals surface area contributed by atoms with E-state index in [9.17, 15) is 0 Å². The zero-order chi connectivity index (χ0) is 18.9. The van der Waals surface area contributed by atoms with Gasteiger partial charge in [0.25, 0.3) is 0 Å². The van der Waals surface area contributed by atoms with Crippen LogP contribution in [0.2, 0.25) is 5.02 Å². The van der Waals surface area contributed by atoms with Gasteiger partial charge in [-0.05, 0) is 34.5 Å². The summed E-state index contributed by atoms with van der Waals surface area (Å²) in [6, 6.07) is 20.2. The lowest BCUT2D eigenvalue weighted by molar-refractivity contribution is 0.292. The number of fused-ring (bicyclic) bond motifs is 1. The van der Waals surface area contributed by atoms with Gasteiger partial charge in [0.05, 0.1) is 6.61 Å². The van der Waals surface area contributed by atoms with Gasteiger partial charge in [0.1, 0.15) is 12.4 Å². The summed E-state index contributed by atoms with van der Waals surface area (Å²) in [7, 11) is 0. The monoisotopic (exact) mass is 384 g/mol. The highest BCUT2D eigenvalue weighted by Crippen LogP contribution is 2.29. The van der Waals surface area contributed by atoms with E-state index in [0.29, 0.717) is 24.7 Å². The molecule has 0 aliphatic heterocycles. The van der Waals surface area contributed by atoms with E-state index in [-0.39, 0.29) is 6.61 Å². The van der Waals surface area contributed by atoms with Gasteiger partial charge < -0.3 is 20.5 Å². The Hall–Kier alpha value is -2.11. The van der Waals surface area contributed by atoms with Crippen LogP contribution in [-0.2, 0) is 13.2 Å². The maximum Gasteiger partial charge on any atom is 0.124 e. The molecule has 0 amide bonds. The van der Waals surface area contributed by atoms with Crippen molar-refractivity contribution in [1.82, 2.24) is 10.6 Å². The minimum atomic E-state index is 0.158. The minimum Gasteiger partial charge on any atom is -0.489 e. The Morgan fingerprint density at radius 1 is 0.889 bits per heavy atom. The maximum atomic E-state index is 8.82. The summed E-state index contributed by atoms with van der Waals surface area (Å²) in [5, 5.41) is 18.5. The SMILES string of the molecule is OCCNCCNCc1c(OCc2cccc(Cl)c2)ccc2ccccc12. The average Bonchev–Trinajstić information content (AvgIpc) is 2.69. The summed E-state index contributed by atoms with van der Waals surface area (Å²) in [6.07, 6.45) is 0. The Balaban J connectivity index is 1.73. The second kappa shape index (κ2) is 10.3. The van der Waals surface area contributed by atoms with Crippen molar-refractivity contribution in [1.29, 1.82) is 0 Å². The number of rotatable bonds is 10. The first-order valence-corrected chi connectivity index (χ1v) is 9.56. The van der Waals surface area contributed by atoms with Crippen molar-refractivity contribution in [3.8, 4) is 5.75 Å². The molecule has 0 saturated carbocycles. The Kier molecular flexibility index (Phi) is 7.48. The summed E-state index contributed by atoms with van der Waals surface area (Å²) < 4.78 is 6.13. The molecule has 0 unspecified atom stereocenters. The lowest BCUT2D eigenvalue weighted by Gasteiger charge is -2.15. The zero-order valence-corrected chi connectivity index (χ0v) is 16.0. The molecule has 3 aromatic rings. The molecule has 0 aliphatic rings. The summed E-state index contributed by atoms with van der Waals surface area (Å²) in [5.41, 5.74) is 2.19. The Morgan fingerprint density at radius 3 is 2.59 bits per heavy atom. The quantitative estimate of drug-likeness (QED) is 0.466. The Labute approximate surface area is 165 Å². The fraction of sp³-hybridized carbons (Fsp3) is 0.273. The standard InChI is InChI=1S/C22H25ClN2O2/c23-19-6-3-4-17(14-19)16-27-22-9-8-18-5-1-2-7-20(18)21(22)15-25-11-10-24-12-13-26/h1-9,14,24-26H,10-13,15-16H2. The van der Waals surface area contributed by atoms with E-state index >= 15 is 0 Å². The second-order valence-electron chi connectivity index (χ2n) is 6.33. The van der Waals surface area contributed by atoms with Gasteiger partial charge >= 0.3 is 0 Å². The fourth-order valence-corrected chi connectivity index (χ4v) is 3.23. The van der Waals surface area contributed by atoms with Crippen LogP contribution in [0.5, 0.6) is 5.75 Å². The van der Waals surface area contributed by atoms with Crippen molar-refractivity contribution in [3.05, 3.63) is 76.8 Å². The number of aliphatic hydroxyl groups excluding tert-OH is 1. The third-order valence-electron chi connectivity index (χ3n) is 4.35. The first-order valence-electron chi connectivity index (χ1n) is 9.18. The molecular weight excluding hydrogens is 360 g/mol. The van der Waals surface area contributed by atoms with Gasteiger partial charge in [-0.15, -0.1) is 0 Å². The number of hydrogen-bond donors (Lipinski definition) is 3. The van der Waals surface area contributed by atoms with Crippen LogP contribution in [0.3, 0.4) is 0 Å². The first-order chi connectivity index (χ1) is 13.3. The molecule has 0 atom stereocenters. The summed E-state index contributed by atoms with van der Waals surface area (Å²) in [6.45, 7) is 3.59. The lowest BCUT2D eigenvalue weighted by atomic mass is 10.0. The van der Waals surface area contributed by atoms with Crippen molar-refractivity contribution in [2.75, 3.05) is 26.2 Å². The van der Waals surface area contributed by atoms with Gasteiger partial charge in [-0.25, -0.2) is 0 Å². The van der Waals surface area contributed by atoms with E-state index in [1.165, 1.54) is 10.8 Å². The number of benzene rings is 3. The molecular formula is C22H25ClN2O2. The highest BCUT2D eigenvalue weighted by Gasteiger charge is 2.09. The summed E-state index contributed by atoms with van der Waals surface area (Å²) >= 11 is 6.07. The average molecular weight is 385 g/mol. The predicted molar refractivity (Wildman–Crippen MR) is 111 cm³/mol. The van der Waals surface area contributed by atoms with Gasteiger partial charge in [0.2, 0.25) is 0 Å². The van der Waals surface area contributed by atoms with Crippen molar-refractivity contribution in [2.45, 2.75) is 13.2 Å². The van der Waals surface area contributed by atoms with Crippen LogP contribution in [0, 0.1) is 0 Å². The fourth-order valence-electron chi connectivity index (χ4n) is 3.02. The predicted octanol–water partition coefficient (Wildman–Crippen LogP) is 3.74. The van der Waals surface area contributed by atoms with Crippen LogP contribution in [0.15, 0.2) is 60.7 Å². The first kappa shape index (κ1) is 19.6. The van der Waals surface area contributed by atoms with Gasteiger partial charge in [-0.3, -0.25) is 0 Å². The molecule has 27 heavy (non-hydrogen) atoms. The Morgan fingerprint density at radius 2 is 1.74 bits per heavy atom. The molecule has 3 N–H and O–H groups in total. The van der Waals surface area contributed by atoms with Crippen LogP contribution in [0.25, 0.3) is 10.8 Å². The van der Waals surface area contributed by atoms with Gasteiger partial charge in [-0.2, -0.15) is 0 Å².